The summed E-state index contributed by atoms with van der Waals surface area (Å²) in [5.74, 6) is 1.01. The smallest absolute Gasteiger partial charge is 0.255 e. The normalized spacial score (nSPS) is 19.0. The minimum Gasteiger partial charge on any atom is -0.496 e. The molecular weight excluding hydrogens is 488 g/mol. The summed E-state index contributed by atoms with van der Waals surface area (Å²) < 4.78 is 5.41. The van der Waals surface area contributed by atoms with E-state index in [4.69, 9.17) is 4.74 Å². The Morgan fingerprint density at radius 2 is 1.87 bits per heavy atom. The van der Waals surface area contributed by atoms with Crippen LogP contribution in [-0.4, -0.2) is 48.0 Å². The minimum absolute atomic E-state index is 0.140. The number of benzene rings is 2. The summed E-state index contributed by atoms with van der Waals surface area (Å²) >= 11 is 0. The lowest BCUT2D eigenvalue weighted by Crippen LogP contribution is -2.51. The number of rotatable bonds is 9. The Labute approximate surface area is 230 Å². The second kappa shape index (κ2) is 13.4. The minimum atomic E-state index is -0.208. The molecule has 0 atom stereocenters. The highest BCUT2D eigenvalue weighted by atomic mass is 16.5. The number of ether oxygens (including phenoxy) is 1. The van der Waals surface area contributed by atoms with Crippen molar-refractivity contribution in [2.24, 2.45) is 4.99 Å². The number of pyridine rings is 1. The van der Waals surface area contributed by atoms with E-state index in [9.17, 15) is 10.1 Å². The summed E-state index contributed by atoms with van der Waals surface area (Å²) in [6.45, 7) is 3.67. The van der Waals surface area contributed by atoms with E-state index >= 15 is 0 Å². The summed E-state index contributed by atoms with van der Waals surface area (Å²) in [5, 5.41) is 15.5. The zero-order chi connectivity index (χ0) is 27.5. The van der Waals surface area contributed by atoms with Crippen LogP contribution in [-0.2, 0) is 12.0 Å². The highest BCUT2D eigenvalue weighted by molar-refractivity contribution is 5.97. The van der Waals surface area contributed by atoms with Crippen LogP contribution < -0.4 is 15.4 Å². The van der Waals surface area contributed by atoms with E-state index in [1.807, 2.05) is 43.5 Å². The van der Waals surface area contributed by atoms with Gasteiger partial charge in [-0.3, -0.25) is 20.1 Å². The fourth-order valence-corrected chi connectivity index (χ4v) is 5.47. The van der Waals surface area contributed by atoms with Gasteiger partial charge < -0.3 is 15.0 Å². The van der Waals surface area contributed by atoms with Gasteiger partial charge in [-0.1, -0.05) is 48.5 Å². The summed E-state index contributed by atoms with van der Waals surface area (Å²) in [7, 11) is 1.58. The van der Waals surface area contributed by atoms with Gasteiger partial charge in [0.25, 0.3) is 5.91 Å². The summed E-state index contributed by atoms with van der Waals surface area (Å²) in [5.41, 5.74) is 2.60. The Kier molecular flexibility index (Phi) is 9.52. The second-order valence-electron chi connectivity index (χ2n) is 9.78. The number of nitrogens with one attached hydrogen (secondary N) is 2. The molecule has 8 nitrogen and oxygen atoms in total. The molecule has 8 heteroatoms. The maximum absolute atomic E-state index is 13.2. The third kappa shape index (κ3) is 6.74. The highest BCUT2D eigenvalue weighted by Crippen LogP contribution is 2.41. The van der Waals surface area contributed by atoms with Gasteiger partial charge in [0.2, 0.25) is 5.96 Å². The van der Waals surface area contributed by atoms with E-state index in [1.54, 1.807) is 25.4 Å². The van der Waals surface area contributed by atoms with Crippen LogP contribution in [0.4, 0.5) is 0 Å². The van der Waals surface area contributed by atoms with Gasteiger partial charge >= 0.3 is 0 Å². The van der Waals surface area contributed by atoms with Crippen molar-refractivity contribution in [2.75, 3.05) is 20.2 Å². The number of nitrogens with zero attached hydrogens (tertiary/aromatic N) is 4. The van der Waals surface area contributed by atoms with Gasteiger partial charge in [0.1, 0.15) is 5.75 Å². The number of aromatic nitrogens is 1. The maximum Gasteiger partial charge on any atom is 0.255 e. The Morgan fingerprint density at radius 3 is 2.54 bits per heavy atom. The van der Waals surface area contributed by atoms with Crippen molar-refractivity contribution in [3.63, 3.8) is 0 Å². The van der Waals surface area contributed by atoms with Crippen molar-refractivity contribution in [3.8, 4) is 11.9 Å². The van der Waals surface area contributed by atoms with Crippen molar-refractivity contribution in [3.05, 3.63) is 95.8 Å². The number of amides is 1. The van der Waals surface area contributed by atoms with Gasteiger partial charge in [-0.15, -0.1) is 0 Å². The monoisotopic (exact) mass is 524 g/mol. The number of aliphatic imine (C=N–C) groups is 1. The molecule has 1 saturated carbocycles. The molecule has 1 aliphatic carbocycles. The molecule has 1 heterocycles. The second-order valence-corrected chi connectivity index (χ2v) is 9.78. The summed E-state index contributed by atoms with van der Waals surface area (Å²) in [4.78, 5) is 24.3. The summed E-state index contributed by atoms with van der Waals surface area (Å²) in [6, 6.07) is 21.9. The largest absolute Gasteiger partial charge is 0.496 e. The number of guanidine groups is 1. The van der Waals surface area contributed by atoms with Crippen LogP contribution >= 0.6 is 0 Å². The highest BCUT2D eigenvalue weighted by Gasteiger charge is 2.39. The summed E-state index contributed by atoms with van der Waals surface area (Å²) in [6.07, 6.45) is 9.20. The number of hydrogen-bond acceptors (Lipinski definition) is 5. The Hall–Kier alpha value is -4.38. The van der Waals surface area contributed by atoms with Gasteiger partial charge in [0.05, 0.1) is 12.7 Å². The quantitative estimate of drug-likeness (QED) is 0.183. The standard InChI is InChI=1S/C31H36N6O2/c1-3-34-30(36-23-32)37(21-24-10-9-19-33-20-24)26-15-17-31(18-16-26,25-11-5-4-6-12-25)22-35-29(38)27-13-7-8-14-28(27)39-2/h4-14,19-20,26H,3,15-18,21-22H2,1-2H3,(H,34,36)(H,35,38). The number of hydrogen-bond donors (Lipinski definition) is 2. The zero-order valence-electron chi connectivity index (χ0n) is 22.6. The van der Waals surface area contributed by atoms with E-state index in [0.717, 1.165) is 31.2 Å². The third-order valence-electron chi connectivity index (χ3n) is 7.50. The lowest BCUT2D eigenvalue weighted by Gasteiger charge is -2.44. The number of nitriles is 1. The molecule has 1 amide bonds. The molecule has 0 spiro atoms. The van der Waals surface area contributed by atoms with Gasteiger partial charge in [-0.2, -0.15) is 5.26 Å². The molecule has 39 heavy (non-hydrogen) atoms. The molecule has 0 aliphatic heterocycles. The van der Waals surface area contributed by atoms with Crippen LogP contribution in [0.3, 0.4) is 0 Å². The lowest BCUT2D eigenvalue weighted by atomic mass is 9.67. The predicted molar refractivity (Wildman–Crippen MR) is 152 cm³/mol. The number of carbonyl (C=O) groups is 1. The average molecular weight is 525 g/mol. The van der Waals surface area contributed by atoms with Gasteiger partial charge in [-0.05, 0) is 61.9 Å². The van der Waals surface area contributed by atoms with Crippen LogP contribution in [0.15, 0.2) is 84.1 Å². The first-order valence-corrected chi connectivity index (χ1v) is 13.4. The number of methoxy groups -OCH3 is 1. The molecule has 0 radical (unpaired) electrons. The van der Waals surface area contributed by atoms with Gasteiger partial charge in [-0.25, -0.2) is 0 Å². The van der Waals surface area contributed by atoms with Crippen molar-refractivity contribution >= 4 is 11.9 Å². The zero-order valence-corrected chi connectivity index (χ0v) is 22.6. The first kappa shape index (κ1) is 27.6. The van der Waals surface area contributed by atoms with E-state index in [2.05, 4.69) is 56.0 Å². The predicted octanol–water partition coefficient (Wildman–Crippen LogP) is 4.65. The molecular formula is C31H36N6O2. The molecule has 0 saturated heterocycles. The lowest BCUT2D eigenvalue weighted by molar-refractivity contribution is 0.0925. The topological polar surface area (TPSA) is 103 Å². The van der Waals surface area contributed by atoms with Crippen LogP contribution in [0.2, 0.25) is 0 Å². The molecule has 0 bridgehead atoms. The van der Waals surface area contributed by atoms with E-state index in [-0.39, 0.29) is 17.4 Å². The van der Waals surface area contributed by atoms with Crippen LogP contribution in [0, 0.1) is 11.5 Å². The van der Waals surface area contributed by atoms with Crippen molar-refractivity contribution < 1.29 is 9.53 Å². The van der Waals surface area contributed by atoms with Gasteiger partial charge in [0.15, 0.2) is 6.19 Å². The fraction of sp³-hybridized carbons (Fsp3) is 0.355. The van der Waals surface area contributed by atoms with E-state index in [0.29, 0.717) is 36.9 Å². The molecule has 2 N–H and O–H groups in total. The number of carbonyl (C=O) groups excluding carboxylic acids is 1. The Bertz CT molecular complexity index is 1280. The molecule has 1 fully saturated rings. The molecule has 2 aromatic carbocycles. The SMILES string of the molecule is CCN=C(NC#N)N(Cc1cccnc1)C1CCC(CNC(=O)c2ccccc2OC)(c2ccccc2)CC1. The molecule has 3 aromatic rings. The number of para-hydroxylation sites is 1. The molecule has 202 valence electrons. The Balaban J connectivity index is 1.56. The molecule has 1 aliphatic rings. The van der Waals surface area contributed by atoms with Crippen LogP contribution in [0.25, 0.3) is 0 Å². The molecule has 1 aromatic heterocycles. The first-order valence-electron chi connectivity index (χ1n) is 13.4. The van der Waals surface area contributed by atoms with Crippen LogP contribution in [0.5, 0.6) is 5.75 Å². The fourth-order valence-electron chi connectivity index (χ4n) is 5.47. The van der Waals surface area contributed by atoms with Crippen molar-refractivity contribution in [1.29, 1.82) is 5.26 Å². The van der Waals surface area contributed by atoms with Crippen LogP contribution in [0.1, 0.15) is 54.1 Å². The molecule has 0 unspecified atom stereocenters. The van der Waals surface area contributed by atoms with E-state index in [1.165, 1.54) is 5.56 Å². The van der Waals surface area contributed by atoms with Crippen molar-refractivity contribution in [2.45, 2.75) is 50.6 Å². The average Bonchev–Trinajstić information content (AvgIpc) is 3.00. The van der Waals surface area contributed by atoms with E-state index < -0.39 is 0 Å². The Morgan fingerprint density at radius 1 is 1.13 bits per heavy atom. The molecule has 4 rings (SSSR count). The maximum atomic E-state index is 13.2. The van der Waals surface area contributed by atoms with Crippen molar-refractivity contribution in [1.82, 2.24) is 20.5 Å². The third-order valence-corrected chi connectivity index (χ3v) is 7.50. The first-order chi connectivity index (χ1) is 19.1. The van der Waals surface area contributed by atoms with Gasteiger partial charge in [0, 0.05) is 43.5 Å².